The molecule has 0 fully saturated rings. The lowest BCUT2D eigenvalue weighted by Gasteiger charge is -2.12. The van der Waals surface area contributed by atoms with Crippen molar-refractivity contribution in [1.82, 2.24) is 34.8 Å². The van der Waals surface area contributed by atoms with E-state index >= 15 is 0 Å². The molecule has 1 atom stereocenters. The van der Waals surface area contributed by atoms with Gasteiger partial charge in [-0.15, -0.1) is 0 Å². The molecule has 3 heterocycles. The van der Waals surface area contributed by atoms with E-state index in [0.29, 0.717) is 18.2 Å². The van der Waals surface area contributed by atoms with E-state index in [1.807, 2.05) is 36.3 Å². The predicted molar refractivity (Wildman–Crippen MR) is 94.0 cm³/mol. The van der Waals surface area contributed by atoms with Crippen LogP contribution in [0, 0.1) is 19.8 Å². The molecule has 2 N–H and O–H groups in total. The van der Waals surface area contributed by atoms with E-state index in [-0.39, 0.29) is 5.91 Å². The third-order valence-electron chi connectivity index (χ3n) is 4.28. The van der Waals surface area contributed by atoms with Gasteiger partial charge in [-0.3, -0.25) is 14.6 Å². The quantitative estimate of drug-likeness (QED) is 0.713. The van der Waals surface area contributed by atoms with Gasteiger partial charge in [0.2, 0.25) is 0 Å². The number of aryl methyl sites for hydroxylation is 2. The number of H-pyrrole nitrogens is 1. The number of amides is 1. The SMILES string of the molecule is Cc1nn(C)c(C)c1-c1cc(C(=O)NCC(C)Cn2ccnc2)[nH]n1. The third kappa shape index (κ3) is 3.62. The Labute approximate surface area is 146 Å². The molecule has 0 saturated carbocycles. The van der Waals surface area contributed by atoms with E-state index < -0.39 is 0 Å². The Kier molecular flexibility index (Phi) is 4.69. The number of nitrogens with zero attached hydrogens (tertiary/aromatic N) is 5. The molecule has 0 aliphatic heterocycles. The normalized spacial score (nSPS) is 12.3. The molecule has 0 spiro atoms. The van der Waals surface area contributed by atoms with Crippen molar-refractivity contribution in [3.63, 3.8) is 0 Å². The van der Waals surface area contributed by atoms with E-state index in [2.05, 4.69) is 32.5 Å². The van der Waals surface area contributed by atoms with Gasteiger partial charge in [0.1, 0.15) is 5.69 Å². The molecule has 1 amide bonds. The van der Waals surface area contributed by atoms with Crippen molar-refractivity contribution in [2.75, 3.05) is 6.54 Å². The van der Waals surface area contributed by atoms with Crippen LogP contribution in [0.1, 0.15) is 28.8 Å². The number of nitrogens with one attached hydrogen (secondary N) is 2. The van der Waals surface area contributed by atoms with Crippen LogP contribution >= 0.6 is 0 Å². The van der Waals surface area contributed by atoms with Crippen molar-refractivity contribution in [3.05, 3.63) is 41.9 Å². The van der Waals surface area contributed by atoms with Crippen molar-refractivity contribution in [3.8, 4) is 11.3 Å². The summed E-state index contributed by atoms with van der Waals surface area (Å²) in [4.78, 5) is 16.4. The zero-order valence-electron chi connectivity index (χ0n) is 14.9. The van der Waals surface area contributed by atoms with Gasteiger partial charge in [-0.1, -0.05) is 6.92 Å². The fourth-order valence-corrected chi connectivity index (χ4v) is 2.89. The maximum absolute atomic E-state index is 12.3. The first kappa shape index (κ1) is 16.9. The van der Waals surface area contributed by atoms with Gasteiger partial charge in [0, 0.05) is 43.8 Å². The number of hydrogen-bond donors (Lipinski definition) is 2. The number of carbonyl (C=O) groups is 1. The van der Waals surface area contributed by atoms with Gasteiger partial charge in [-0.25, -0.2) is 4.98 Å². The molecule has 0 aromatic carbocycles. The Bertz CT molecular complexity index is 860. The maximum Gasteiger partial charge on any atom is 0.269 e. The molecule has 0 bridgehead atoms. The monoisotopic (exact) mass is 341 g/mol. The van der Waals surface area contributed by atoms with Crippen molar-refractivity contribution in [2.45, 2.75) is 27.3 Å². The number of hydrogen-bond acceptors (Lipinski definition) is 4. The molecule has 0 aliphatic carbocycles. The molecule has 3 aromatic heterocycles. The zero-order chi connectivity index (χ0) is 18.0. The Hall–Kier alpha value is -2.90. The van der Waals surface area contributed by atoms with Crippen LogP contribution in [0.3, 0.4) is 0 Å². The van der Waals surface area contributed by atoms with Crippen LogP contribution in [0.2, 0.25) is 0 Å². The van der Waals surface area contributed by atoms with Crippen molar-refractivity contribution in [1.29, 1.82) is 0 Å². The number of aromatic nitrogens is 6. The summed E-state index contributed by atoms with van der Waals surface area (Å²) in [7, 11) is 1.90. The summed E-state index contributed by atoms with van der Waals surface area (Å²) in [5, 5.41) is 14.4. The van der Waals surface area contributed by atoms with Gasteiger partial charge in [0.25, 0.3) is 5.91 Å². The molecule has 8 heteroatoms. The van der Waals surface area contributed by atoms with E-state index in [0.717, 1.165) is 29.2 Å². The highest BCUT2D eigenvalue weighted by atomic mass is 16.1. The summed E-state index contributed by atoms with van der Waals surface area (Å²) in [5.41, 5.74) is 4.07. The van der Waals surface area contributed by atoms with Crippen molar-refractivity contribution >= 4 is 5.91 Å². The van der Waals surface area contributed by atoms with Gasteiger partial charge < -0.3 is 9.88 Å². The highest BCUT2D eigenvalue weighted by molar-refractivity contribution is 5.93. The van der Waals surface area contributed by atoms with Crippen LogP contribution in [0.25, 0.3) is 11.3 Å². The minimum Gasteiger partial charge on any atom is -0.350 e. The van der Waals surface area contributed by atoms with Crippen molar-refractivity contribution < 1.29 is 4.79 Å². The van der Waals surface area contributed by atoms with E-state index in [1.165, 1.54) is 0 Å². The lowest BCUT2D eigenvalue weighted by atomic mass is 10.1. The predicted octanol–water partition coefficient (Wildman–Crippen LogP) is 1.69. The summed E-state index contributed by atoms with van der Waals surface area (Å²) in [5.74, 6) is 0.138. The van der Waals surface area contributed by atoms with Gasteiger partial charge in [-0.2, -0.15) is 10.2 Å². The highest BCUT2D eigenvalue weighted by Gasteiger charge is 2.17. The lowest BCUT2D eigenvalue weighted by Crippen LogP contribution is -2.30. The summed E-state index contributed by atoms with van der Waals surface area (Å²) >= 11 is 0. The van der Waals surface area contributed by atoms with Crippen LogP contribution < -0.4 is 5.32 Å². The fourth-order valence-electron chi connectivity index (χ4n) is 2.89. The third-order valence-corrected chi connectivity index (χ3v) is 4.28. The smallest absolute Gasteiger partial charge is 0.269 e. The number of aromatic amines is 1. The largest absolute Gasteiger partial charge is 0.350 e. The van der Waals surface area contributed by atoms with E-state index in [9.17, 15) is 4.79 Å². The molecule has 0 aliphatic rings. The summed E-state index contributed by atoms with van der Waals surface area (Å²) in [6, 6.07) is 1.77. The molecule has 3 rings (SSSR count). The first-order valence-electron chi connectivity index (χ1n) is 8.25. The lowest BCUT2D eigenvalue weighted by molar-refractivity contribution is 0.0942. The molecule has 25 heavy (non-hydrogen) atoms. The van der Waals surface area contributed by atoms with Gasteiger partial charge in [-0.05, 0) is 25.8 Å². The minimum absolute atomic E-state index is 0.157. The standard InChI is InChI=1S/C17H23N7O/c1-11(9-24-6-5-18-10-24)8-19-17(25)15-7-14(20-21-15)16-12(2)22-23(4)13(16)3/h5-7,10-11H,8-9H2,1-4H3,(H,19,25)(H,20,21). The van der Waals surface area contributed by atoms with Gasteiger partial charge in [0.05, 0.1) is 17.7 Å². The molecule has 132 valence electrons. The fraction of sp³-hybridized carbons (Fsp3) is 0.412. The second kappa shape index (κ2) is 6.92. The second-order valence-corrected chi connectivity index (χ2v) is 6.41. The summed E-state index contributed by atoms with van der Waals surface area (Å²) < 4.78 is 3.82. The number of imidazole rings is 1. The summed E-state index contributed by atoms with van der Waals surface area (Å²) in [6.45, 7) is 7.40. The first-order chi connectivity index (χ1) is 12.0. The van der Waals surface area contributed by atoms with Crippen LogP contribution in [-0.4, -0.2) is 42.0 Å². The minimum atomic E-state index is -0.157. The Morgan fingerprint density at radius 3 is 2.84 bits per heavy atom. The molecular formula is C17H23N7O. The van der Waals surface area contributed by atoms with Gasteiger partial charge in [0.15, 0.2) is 0 Å². The average Bonchev–Trinajstić information content (AvgIpc) is 3.28. The van der Waals surface area contributed by atoms with E-state index in [1.54, 1.807) is 18.6 Å². The van der Waals surface area contributed by atoms with Crippen LogP contribution in [0.4, 0.5) is 0 Å². The molecule has 0 radical (unpaired) electrons. The van der Waals surface area contributed by atoms with Gasteiger partial charge >= 0.3 is 0 Å². The molecule has 8 nitrogen and oxygen atoms in total. The average molecular weight is 341 g/mol. The zero-order valence-corrected chi connectivity index (χ0v) is 14.9. The topological polar surface area (TPSA) is 93.4 Å². The molecule has 0 saturated heterocycles. The Morgan fingerprint density at radius 1 is 1.40 bits per heavy atom. The maximum atomic E-state index is 12.3. The highest BCUT2D eigenvalue weighted by Crippen LogP contribution is 2.25. The summed E-state index contributed by atoms with van der Waals surface area (Å²) in [6.07, 6.45) is 5.44. The molecular weight excluding hydrogens is 318 g/mol. The number of rotatable bonds is 6. The van der Waals surface area contributed by atoms with Crippen LogP contribution in [-0.2, 0) is 13.6 Å². The van der Waals surface area contributed by atoms with E-state index in [4.69, 9.17) is 0 Å². The molecule has 3 aromatic rings. The number of carbonyl (C=O) groups excluding carboxylic acids is 1. The Balaban J connectivity index is 1.63. The van der Waals surface area contributed by atoms with Crippen LogP contribution in [0.5, 0.6) is 0 Å². The van der Waals surface area contributed by atoms with Crippen LogP contribution in [0.15, 0.2) is 24.8 Å². The second-order valence-electron chi connectivity index (χ2n) is 6.41. The molecule has 1 unspecified atom stereocenters. The van der Waals surface area contributed by atoms with Crippen molar-refractivity contribution in [2.24, 2.45) is 13.0 Å². The first-order valence-corrected chi connectivity index (χ1v) is 8.25. The Morgan fingerprint density at radius 2 is 2.20 bits per heavy atom.